The molecule has 0 atom stereocenters. The fraction of sp³-hybridized carbons (Fsp3) is 0.409. The number of aryl methyl sites for hydroxylation is 1. The summed E-state index contributed by atoms with van der Waals surface area (Å²) in [4.78, 5) is 17.4. The normalized spacial score (nSPS) is 16.4. The lowest BCUT2D eigenvalue weighted by Crippen LogP contribution is -2.47. The Balaban J connectivity index is 1.45. The number of benzene rings is 1. The molecular formula is C22H29N3O. The van der Waals surface area contributed by atoms with E-state index in [9.17, 15) is 4.79 Å². The van der Waals surface area contributed by atoms with E-state index in [0.717, 1.165) is 49.7 Å². The Kier molecular flexibility index (Phi) is 6.07. The van der Waals surface area contributed by atoms with Crippen molar-refractivity contribution in [1.29, 1.82) is 0 Å². The maximum absolute atomic E-state index is 12.6. The lowest BCUT2D eigenvalue weighted by molar-refractivity contribution is 0.0864. The second-order valence-corrected chi connectivity index (χ2v) is 7.16. The average Bonchev–Trinajstić information content (AvgIpc) is 2.91. The first kappa shape index (κ1) is 18.6. The first-order chi connectivity index (χ1) is 12.5. The number of hydrogen-bond acceptors (Lipinski definition) is 3. The monoisotopic (exact) mass is 351 g/mol. The summed E-state index contributed by atoms with van der Waals surface area (Å²) < 4.78 is 2.09. The van der Waals surface area contributed by atoms with Crippen LogP contribution >= 0.6 is 0 Å². The summed E-state index contributed by atoms with van der Waals surface area (Å²) >= 11 is 0. The van der Waals surface area contributed by atoms with Crippen LogP contribution in [0.4, 0.5) is 0 Å². The van der Waals surface area contributed by atoms with Gasteiger partial charge in [0, 0.05) is 56.7 Å². The van der Waals surface area contributed by atoms with Crippen LogP contribution in [0, 0.1) is 13.8 Å². The Hall–Kier alpha value is -2.17. The van der Waals surface area contributed by atoms with Crippen LogP contribution in [-0.4, -0.2) is 59.4 Å². The van der Waals surface area contributed by atoms with E-state index in [0.29, 0.717) is 6.54 Å². The molecule has 2 heterocycles. The van der Waals surface area contributed by atoms with Gasteiger partial charge in [-0.1, -0.05) is 42.5 Å². The van der Waals surface area contributed by atoms with Crippen LogP contribution in [-0.2, 0) is 7.05 Å². The SMILES string of the molecule is Cc1cc(C(=O)CN2CCN(C/C=C/c3ccccc3)CC2)c(C)n1C. The van der Waals surface area contributed by atoms with Crippen LogP contribution in [0.2, 0.25) is 0 Å². The molecule has 26 heavy (non-hydrogen) atoms. The molecule has 0 bridgehead atoms. The van der Waals surface area contributed by atoms with Gasteiger partial charge in [0.1, 0.15) is 0 Å². The van der Waals surface area contributed by atoms with Crippen molar-refractivity contribution in [2.45, 2.75) is 13.8 Å². The third-order valence-electron chi connectivity index (χ3n) is 5.38. The molecule has 138 valence electrons. The van der Waals surface area contributed by atoms with E-state index in [1.54, 1.807) is 0 Å². The highest BCUT2D eigenvalue weighted by Gasteiger charge is 2.21. The van der Waals surface area contributed by atoms with Crippen LogP contribution in [0.3, 0.4) is 0 Å². The number of nitrogens with zero attached hydrogens (tertiary/aromatic N) is 3. The summed E-state index contributed by atoms with van der Waals surface area (Å²) in [5, 5.41) is 0. The number of carbonyl (C=O) groups is 1. The van der Waals surface area contributed by atoms with Gasteiger partial charge in [-0.05, 0) is 25.5 Å². The highest BCUT2D eigenvalue weighted by Crippen LogP contribution is 2.15. The summed E-state index contributed by atoms with van der Waals surface area (Å²) in [5.74, 6) is 0.239. The van der Waals surface area contributed by atoms with Gasteiger partial charge in [-0.3, -0.25) is 14.6 Å². The highest BCUT2D eigenvalue weighted by molar-refractivity contribution is 5.99. The van der Waals surface area contributed by atoms with E-state index in [1.165, 1.54) is 5.56 Å². The molecule has 4 heteroatoms. The van der Waals surface area contributed by atoms with Gasteiger partial charge in [0.2, 0.25) is 0 Å². The third kappa shape index (κ3) is 4.51. The van der Waals surface area contributed by atoms with Crippen LogP contribution in [0.5, 0.6) is 0 Å². The number of aromatic nitrogens is 1. The topological polar surface area (TPSA) is 28.5 Å². The van der Waals surface area contributed by atoms with E-state index in [-0.39, 0.29) is 5.78 Å². The molecule has 1 aromatic heterocycles. The molecule has 3 rings (SSSR count). The first-order valence-corrected chi connectivity index (χ1v) is 9.37. The zero-order valence-electron chi connectivity index (χ0n) is 16.1. The Morgan fingerprint density at radius 1 is 1.04 bits per heavy atom. The number of piperazine rings is 1. The van der Waals surface area contributed by atoms with Crippen LogP contribution < -0.4 is 0 Å². The number of ketones is 1. The molecule has 0 N–H and O–H groups in total. The largest absolute Gasteiger partial charge is 0.351 e. The summed E-state index contributed by atoms with van der Waals surface area (Å²) in [6.45, 7) is 9.50. The van der Waals surface area contributed by atoms with Crippen molar-refractivity contribution >= 4 is 11.9 Å². The Bertz CT molecular complexity index is 768. The highest BCUT2D eigenvalue weighted by atomic mass is 16.1. The molecule has 4 nitrogen and oxygen atoms in total. The lowest BCUT2D eigenvalue weighted by atomic mass is 10.1. The number of hydrogen-bond donors (Lipinski definition) is 0. The van der Waals surface area contributed by atoms with E-state index in [1.807, 2.05) is 33.0 Å². The van der Waals surface area contributed by atoms with Crippen LogP contribution in [0.1, 0.15) is 27.3 Å². The second-order valence-electron chi connectivity index (χ2n) is 7.16. The van der Waals surface area contributed by atoms with Crippen molar-refractivity contribution in [3.8, 4) is 0 Å². The molecule has 1 saturated heterocycles. The van der Waals surface area contributed by atoms with Crippen molar-refractivity contribution < 1.29 is 4.79 Å². The van der Waals surface area contributed by atoms with Gasteiger partial charge in [-0.25, -0.2) is 0 Å². The minimum Gasteiger partial charge on any atom is -0.351 e. The fourth-order valence-electron chi connectivity index (χ4n) is 3.46. The van der Waals surface area contributed by atoms with Gasteiger partial charge in [0.25, 0.3) is 0 Å². The predicted octanol–water partition coefficient (Wildman–Crippen LogP) is 3.16. The number of rotatable bonds is 6. The molecule has 1 aliphatic heterocycles. The molecule has 0 spiro atoms. The van der Waals surface area contributed by atoms with Gasteiger partial charge in [-0.2, -0.15) is 0 Å². The quantitative estimate of drug-likeness (QED) is 0.749. The van der Waals surface area contributed by atoms with Crippen LogP contribution in [0.15, 0.2) is 42.5 Å². The summed E-state index contributed by atoms with van der Waals surface area (Å²) in [5.41, 5.74) is 4.32. The smallest absolute Gasteiger partial charge is 0.178 e. The lowest BCUT2D eigenvalue weighted by Gasteiger charge is -2.33. The van der Waals surface area contributed by atoms with Crippen molar-refractivity contribution in [2.24, 2.45) is 7.05 Å². The van der Waals surface area contributed by atoms with Gasteiger partial charge in [0.15, 0.2) is 5.78 Å². The van der Waals surface area contributed by atoms with E-state index in [4.69, 9.17) is 0 Å². The molecule has 0 saturated carbocycles. The fourth-order valence-corrected chi connectivity index (χ4v) is 3.46. The first-order valence-electron chi connectivity index (χ1n) is 9.37. The minimum atomic E-state index is 0.239. The molecule has 1 aromatic carbocycles. The van der Waals surface area contributed by atoms with E-state index in [2.05, 4.69) is 50.8 Å². The molecule has 0 radical (unpaired) electrons. The minimum absolute atomic E-state index is 0.239. The van der Waals surface area contributed by atoms with Gasteiger partial charge in [0.05, 0.1) is 6.54 Å². The maximum Gasteiger partial charge on any atom is 0.178 e. The zero-order valence-corrected chi connectivity index (χ0v) is 16.1. The van der Waals surface area contributed by atoms with Gasteiger partial charge < -0.3 is 4.57 Å². The summed E-state index contributed by atoms with van der Waals surface area (Å²) in [7, 11) is 2.02. The Labute approximate surface area is 156 Å². The Morgan fingerprint density at radius 2 is 1.69 bits per heavy atom. The molecule has 0 aliphatic carbocycles. The summed E-state index contributed by atoms with van der Waals surface area (Å²) in [6, 6.07) is 12.4. The predicted molar refractivity (Wildman–Crippen MR) is 108 cm³/mol. The summed E-state index contributed by atoms with van der Waals surface area (Å²) in [6.07, 6.45) is 4.41. The van der Waals surface area contributed by atoms with Crippen molar-refractivity contribution in [3.05, 3.63) is 65.0 Å². The molecule has 1 aliphatic rings. The Morgan fingerprint density at radius 3 is 2.31 bits per heavy atom. The molecule has 0 unspecified atom stereocenters. The van der Waals surface area contributed by atoms with Crippen molar-refractivity contribution in [1.82, 2.24) is 14.4 Å². The van der Waals surface area contributed by atoms with Crippen molar-refractivity contribution in [3.63, 3.8) is 0 Å². The van der Waals surface area contributed by atoms with E-state index < -0.39 is 0 Å². The second kappa shape index (κ2) is 8.47. The molecule has 2 aromatic rings. The van der Waals surface area contributed by atoms with E-state index >= 15 is 0 Å². The molecule has 0 amide bonds. The standard InChI is InChI=1S/C22H29N3O/c1-18-16-21(19(2)23(18)3)22(26)17-25-14-12-24(13-15-25)11-7-10-20-8-5-4-6-9-20/h4-10,16H,11-15,17H2,1-3H3/b10-7+. The third-order valence-corrected chi connectivity index (χ3v) is 5.38. The number of carbonyl (C=O) groups excluding carboxylic acids is 1. The maximum atomic E-state index is 12.6. The van der Waals surface area contributed by atoms with Gasteiger partial charge >= 0.3 is 0 Å². The number of Topliss-reactive ketones (excluding diaryl/α,β-unsaturated/α-hetero) is 1. The molecule has 1 fully saturated rings. The average molecular weight is 351 g/mol. The van der Waals surface area contributed by atoms with Gasteiger partial charge in [-0.15, -0.1) is 0 Å². The molecular weight excluding hydrogens is 322 g/mol. The van der Waals surface area contributed by atoms with Crippen LogP contribution in [0.25, 0.3) is 6.08 Å². The zero-order chi connectivity index (χ0) is 18.5. The van der Waals surface area contributed by atoms with Crippen molar-refractivity contribution in [2.75, 3.05) is 39.3 Å².